The number of aromatic nitrogens is 2. The molecule has 1 unspecified atom stereocenters. The van der Waals surface area contributed by atoms with Crippen LogP contribution in [0.15, 0.2) is 42.9 Å². The number of rotatable bonds is 7. The van der Waals surface area contributed by atoms with Gasteiger partial charge in [0.15, 0.2) is 0 Å². The molecule has 1 aliphatic heterocycles. The van der Waals surface area contributed by atoms with Crippen LogP contribution in [0, 0.1) is 0 Å². The van der Waals surface area contributed by atoms with Crippen molar-refractivity contribution in [3.8, 4) is 0 Å². The summed E-state index contributed by atoms with van der Waals surface area (Å²) in [4.78, 5) is 18.8. The molecular weight excluding hydrogens is 403 g/mol. The summed E-state index contributed by atoms with van der Waals surface area (Å²) in [7, 11) is 1.63. The number of morpholine rings is 1. The van der Waals surface area contributed by atoms with Gasteiger partial charge in [0.25, 0.3) is 0 Å². The summed E-state index contributed by atoms with van der Waals surface area (Å²) in [5.41, 5.74) is 8.17. The first-order chi connectivity index (χ1) is 12.7. The van der Waals surface area contributed by atoms with Crippen LogP contribution in [0.2, 0.25) is 0 Å². The molecule has 1 fully saturated rings. The molecule has 2 atom stereocenters. The lowest BCUT2D eigenvalue weighted by Crippen LogP contribution is -2.52. The normalized spacial score (nSPS) is 17.4. The van der Waals surface area contributed by atoms with Crippen molar-refractivity contribution in [1.29, 1.82) is 0 Å². The quantitative estimate of drug-likeness (QED) is 0.719. The maximum absolute atomic E-state index is 12.6. The van der Waals surface area contributed by atoms with Crippen molar-refractivity contribution < 1.29 is 14.3 Å². The van der Waals surface area contributed by atoms with Crippen molar-refractivity contribution in [2.75, 3.05) is 33.4 Å². The van der Waals surface area contributed by atoms with Crippen molar-refractivity contribution in [3.63, 3.8) is 0 Å². The van der Waals surface area contributed by atoms with Gasteiger partial charge < -0.3 is 24.7 Å². The van der Waals surface area contributed by atoms with Crippen LogP contribution in [0.25, 0.3) is 0 Å². The molecule has 1 aliphatic rings. The lowest BCUT2D eigenvalue weighted by molar-refractivity contribution is -0.142. The number of nitrogens with two attached hydrogens (primary N) is 1. The van der Waals surface area contributed by atoms with Gasteiger partial charge in [-0.05, 0) is 5.56 Å². The zero-order chi connectivity index (χ0) is 18.4. The van der Waals surface area contributed by atoms with E-state index in [0.29, 0.717) is 32.7 Å². The SMILES string of the molecule is COCC1CN(C(=O)[C@@H](N)Cc2cn(Cc3ccccc3)cn2)CCO1.Cl.Cl. The molecule has 1 saturated heterocycles. The minimum absolute atomic E-state index is 0. The van der Waals surface area contributed by atoms with E-state index in [1.807, 2.05) is 29.0 Å². The Bertz CT molecular complexity index is 712. The highest BCUT2D eigenvalue weighted by Gasteiger charge is 2.28. The van der Waals surface area contributed by atoms with Gasteiger partial charge in [-0.25, -0.2) is 4.98 Å². The number of ether oxygens (including phenoxy) is 2. The van der Waals surface area contributed by atoms with E-state index in [-0.39, 0.29) is 36.8 Å². The van der Waals surface area contributed by atoms with Crippen LogP contribution in [0.4, 0.5) is 0 Å². The summed E-state index contributed by atoms with van der Waals surface area (Å²) in [6.07, 6.45) is 4.07. The van der Waals surface area contributed by atoms with Crippen molar-refractivity contribution in [2.24, 2.45) is 5.73 Å². The van der Waals surface area contributed by atoms with E-state index >= 15 is 0 Å². The van der Waals surface area contributed by atoms with E-state index in [0.717, 1.165) is 12.2 Å². The molecule has 1 aromatic carbocycles. The minimum atomic E-state index is -0.601. The van der Waals surface area contributed by atoms with Crippen LogP contribution in [-0.4, -0.2) is 65.9 Å². The Hall–Kier alpha value is -1.64. The Kier molecular flexibility index (Phi) is 10.5. The van der Waals surface area contributed by atoms with Crippen molar-refractivity contribution in [1.82, 2.24) is 14.5 Å². The van der Waals surface area contributed by atoms with E-state index in [1.165, 1.54) is 5.56 Å². The summed E-state index contributed by atoms with van der Waals surface area (Å²) < 4.78 is 12.7. The van der Waals surface area contributed by atoms with Crippen molar-refractivity contribution >= 4 is 30.7 Å². The van der Waals surface area contributed by atoms with Crippen LogP contribution in [0.1, 0.15) is 11.3 Å². The summed E-state index contributed by atoms with van der Waals surface area (Å²) >= 11 is 0. The van der Waals surface area contributed by atoms with Crippen LogP contribution < -0.4 is 5.73 Å². The maximum Gasteiger partial charge on any atom is 0.240 e. The Morgan fingerprint density at radius 1 is 1.36 bits per heavy atom. The smallest absolute Gasteiger partial charge is 0.240 e. The highest BCUT2D eigenvalue weighted by Crippen LogP contribution is 2.10. The van der Waals surface area contributed by atoms with E-state index in [9.17, 15) is 4.79 Å². The zero-order valence-corrected chi connectivity index (χ0v) is 17.5. The molecule has 0 aliphatic carbocycles. The number of hydrogen-bond acceptors (Lipinski definition) is 5. The molecule has 28 heavy (non-hydrogen) atoms. The third kappa shape index (κ3) is 6.76. The van der Waals surface area contributed by atoms with E-state index in [4.69, 9.17) is 15.2 Å². The molecule has 0 spiro atoms. The molecule has 7 nitrogen and oxygen atoms in total. The molecule has 1 aromatic heterocycles. The monoisotopic (exact) mass is 430 g/mol. The average molecular weight is 431 g/mol. The predicted octanol–water partition coefficient (Wildman–Crippen LogP) is 1.52. The van der Waals surface area contributed by atoms with E-state index in [1.54, 1.807) is 18.3 Å². The molecule has 0 saturated carbocycles. The maximum atomic E-state index is 12.6. The fourth-order valence-electron chi connectivity index (χ4n) is 3.15. The van der Waals surface area contributed by atoms with Gasteiger partial charge in [-0.2, -0.15) is 0 Å². The van der Waals surface area contributed by atoms with Gasteiger partial charge in [0.2, 0.25) is 5.91 Å². The first kappa shape index (κ1) is 24.4. The van der Waals surface area contributed by atoms with E-state index in [2.05, 4.69) is 17.1 Å². The van der Waals surface area contributed by atoms with Crippen molar-refractivity contribution in [2.45, 2.75) is 25.1 Å². The highest BCUT2D eigenvalue weighted by molar-refractivity contribution is 5.85. The number of carbonyl (C=O) groups is 1. The lowest BCUT2D eigenvalue weighted by atomic mass is 10.1. The van der Waals surface area contributed by atoms with Crippen LogP contribution in [0.5, 0.6) is 0 Å². The first-order valence-electron chi connectivity index (χ1n) is 8.85. The topological polar surface area (TPSA) is 82.6 Å². The molecule has 1 amide bonds. The number of imidazole rings is 1. The summed E-state index contributed by atoms with van der Waals surface area (Å²) in [6.45, 7) is 2.82. The second-order valence-electron chi connectivity index (χ2n) is 6.57. The number of benzene rings is 1. The molecule has 0 bridgehead atoms. The van der Waals surface area contributed by atoms with Crippen molar-refractivity contribution in [3.05, 3.63) is 54.1 Å². The molecular formula is C19H28Cl2N4O3. The Balaban J connectivity index is 0.00000196. The number of hydrogen-bond donors (Lipinski definition) is 1. The molecule has 2 N–H and O–H groups in total. The summed E-state index contributed by atoms with van der Waals surface area (Å²) in [5.74, 6) is -0.0630. The molecule has 9 heteroatoms. The third-order valence-corrected chi connectivity index (χ3v) is 4.44. The van der Waals surface area contributed by atoms with Crippen LogP contribution in [-0.2, 0) is 27.2 Å². The summed E-state index contributed by atoms with van der Waals surface area (Å²) in [5, 5.41) is 0. The molecule has 2 heterocycles. The van der Waals surface area contributed by atoms with Gasteiger partial charge in [-0.15, -0.1) is 24.8 Å². The highest BCUT2D eigenvalue weighted by atomic mass is 35.5. The number of carbonyl (C=O) groups excluding carboxylic acids is 1. The van der Waals surface area contributed by atoms with Gasteiger partial charge in [0, 0.05) is 39.4 Å². The molecule has 2 aromatic rings. The van der Waals surface area contributed by atoms with Crippen LogP contribution >= 0.6 is 24.8 Å². The van der Waals surface area contributed by atoms with Gasteiger partial charge >= 0.3 is 0 Å². The minimum Gasteiger partial charge on any atom is -0.382 e. The lowest BCUT2D eigenvalue weighted by Gasteiger charge is -2.34. The van der Waals surface area contributed by atoms with E-state index < -0.39 is 6.04 Å². The average Bonchev–Trinajstić information content (AvgIpc) is 3.09. The molecule has 3 rings (SSSR count). The zero-order valence-electron chi connectivity index (χ0n) is 15.9. The largest absolute Gasteiger partial charge is 0.382 e. The Labute approximate surface area is 178 Å². The fourth-order valence-corrected chi connectivity index (χ4v) is 3.15. The summed E-state index contributed by atoms with van der Waals surface area (Å²) in [6, 6.07) is 9.57. The number of halogens is 2. The number of methoxy groups -OCH3 is 1. The number of nitrogens with zero attached hydrogens (tertiary/aromatic N) is 3. The second-order valence-corrected chi connectivity index (χ2v) is 6.57. The van der Waals surface area contributed by atoms with Gasteiger partial charge in [0.05, 0.1) is 37.4 Å². The Morgan fingerprint density at radius 3 is 2.82 bits per heavy atom. The Morgan fingerprint density at radius 2 is 2.11 bits per heavy atom. The van der Waals surface area contributed by atoms with Gasteiger partial charge in [-0.1, -0.05) is 30.3 Å². The van der Waals surface area contributed by atoms with Gasteiger partial charge in [-0.3, -0.25) is 4.79 Å². The first-order valence-corrected chi connectivity index (χ1v) is 8.85. The molecule has 0 radical (unpaired) electrons. The number of amides is 1. The third-order valence-electron chi connectivity index (χ3n) is 4.44. The van der Waals surface area contributed by atoms with Crippen LogP contribution in [0.3, 0.4) is 0 Å². The fraction of sp³-hybridized carbons (Fsp3) is 0.474. The van der Waals surface area contributed by atoms with Gasteiger partial charge in [0.1, 0.15) is 0 Å². The second kappa shape index (κ2) is 12.0. The molecule has 156 valence electrons. The standard InChI is InChI=1S/C19H26N4O3.2ClH/c1-25-13-17-12-23(7-8-26-17)19(24)18(20)9-16-11-22(14-21-16)10-15-5-3-2-4-6-15;;/h2-6,11,14,17-18H,7-10,12-13,20H2,1H3;2*1H/t17?,18-;;/m0../s1. The predicted molar refractivity (Wildman–Crippen MR) is 112 cm³/mol.